The van der Waals surface area contributed by atoms with Crippen molar-refractivity contribution in [3.63, 3.8) is 0 Å². The van der Waals surface area contributed by atoms with Gasteiger partial charge in [0.2, 0.25) is 5.91 Å². The standard InChI is InChI=1S/C78H131NO18/c1-3-5-7-9-11-13-15-17-18-19-20-21-22-23-24-25-26-27-28-29-30-31-32-33-34-35-36-37-38-39-40-41-42-44-46-48-50-52-54-56-66(84)79-61(62(83)55-53-51-49-47-45-43-16-14-12-10-8-6-4-2)60-92-76-72(90)69(87)74(64(58-81)94-76)97-78-73(91)70(88)75(65(59-82)95-78)96-77-71(89)68(86)67(85)63(57-80)93-77/h5,7,11,13,17-18,20-21,23-24,26-27,29-30,32-33,35-36,38-39,61-65,67-78,80-83,85-91H,3-4,6,8-10,12,14-16,19,22,25,28,31,34,37,40-60H2,1-2H3,(H,79,84)/b7-5-,13-11-,18-17-,21-20-,24-23-,27-26-,30-29-,33-32-,36-35-,39-38-. The SMILES string of the molecule is CC/C=C\C/C=C\C/C=C\C/C=C\C/C=C\C/C=C\C/C=C\C/C=C\C/C=C\C/C=C\CCCCCCCCCCC(=O)NC(COC1OC(CO)C(OC2OC(CO)C(OC3OC(CO)C(O)C(O)C3O)C(O)C2O)C(O)C1O)C(O)CCCCCCCCCCCCCCC. The molecule has 3 fully saturated rings. The fraction of sp³-hybridized carbons (Fsp3) is 0.731. The van der Waals surface area contributed by atoms with Crippen molar-refractivity contribution in [1.82, 2.24) is 5.32 Å². The molecule has 0 aliphatic carbocycles. The van der Waals surface area contributed by atoms with Gasteiger partial charge in [-0.15, -0.1) is 0 Å². The third kappa shape index (κ3) is 38.7. The summed E-state index contributed by atoms with van der Waals surface area (Å²) in [6.07, 6.45) is 52.9. The van der Waals surface area contributed by atoms with Gasteiger partial charge in [-0.1, -0.05) is 257 Å². The van der Waals surface area contributed by atoms with Gasteiger partial charge >= 0.3 is 0 Å². The normalized spacial score (nSPS) is 27.6. The van der Waals surface area contributed by atoms with Gasteiger partial charge in [0.15, 0.2) is 18.9 Å². The summed E-state index contributed by atoms with van der Waals surface area (Å²) in [6, 6.07) is -0.899. The predicted molar refractivity (Wildman–Crippen MR) is 383 cm³/mol. The maximum absolute atomic E-state index is 13.4. The van der Waals surface area contributed by atoms with E-state index in [2.05, 4.69) is 141 Å². The van der Waals surface area contributed by atoms with Gasteiger partial charge in [-0.3, -0.25) is 4.79 Å². The summed E-state index contributed by atoms with van der Waals surface area (Å²) < 4.78 is 34.4. The van der Waals surface area contributed by atoms with Gasteiger partial charge in [-0.2, -0.15) is 0 Å². The van der Waals surface area contributed by atoms with Crippen LogP contribution in [0.1, 0.15) is 232 Å². The van der Waals surface area contributed by atoms with E-state index in [1.54, 1.807) is 0 Å². The molecule has 0 aromatic heterocycles. The number of amides is 1. The number of hydrogen-bond acceptors (Lipinski definition) is 18. The third-order valence-corrected chi connectivity index (χ3v) is 17.8. The summed E-state index contributed by atoms with van der Waals surface area (Å²) in [5, 5.41) is 121. The number of allylic oxidation sites excluding steroid dienone is 20. The fourth-order valence-electron chi connectivity index (χ4n) is 11.8. The predicted octanol–water partition coefficient (Wildman–Crippen LogP) is 11.2. The summed E-state index contributed by atoms with van der Waals surface area (Å²) in [4.78, 5) is 13.4. The summed E-state index contributed by atoms with van der Waals surface area (Å²) in [6.45, 7) is 1.66. The van der Waals surface area contributed by atoms with E-state index in [9.17, 15) is 61.0 Å². The second kappa shape index (κ2) is 57.8. The van der Waals surface area contributed by atoms with E-state index in [-0.39, 0.29) is 18.9 Å². The van der Waals surface area contributed by atoms with Crippen molar-refractivity contribution in [1.29, 1.82) is 0 Å². The average molecular weight is 1370 g/mol. The summed E-state index contributed by atoms with van der Waals surface area (Å²) >= 11 is 0. The lowest BCUT2D eigenvalue weighted by molar-refractivity contribution is -0.379. The van der Waals surface area contributed by atoms with Crippen molar-refractivity contribution in [3.8, 4) is 0 Å². The van der Waals surface area contributed by atoms with E-state index in [1.807, 2.05) is 0 Å². The number of aliphatic hydroxyl groups is 11. The highest BCUT2D eigenvalue weighted by atomic mass is 16.8. The first-order valence-electron chi connectivity index (χ1n) is 37.3. The molecule has 0 aromatic carbocycles. The average Bonchev–Trinajstić information content (AvgIpc) is 0.809. The number of hydrogen-bond donors (Lipinski definition) is 12. The minimum atomic E-state index is -1.98. The maximum atomic E-state index is 13.4. The van der Waals surface area contributed by atoms with Crippen LogP contribution in [0.2, 0.25) is 0 Å². The number of aliphatic hydroxyl groups excluding tert-OH is 11. The summed E-state index contributed by atoms with van der Waals surface area (Å²) in [5.74, 6) is -0.257. The van der Waals surface area contributed by atoms with Gasteiger partial charge in [0.1, 0.15) is 73.2 Å². The van der Waals surface area contributed by atoms with Crippen LogP contribution in [-0.2, 0) is 33.2 Å². The van der Waals surface area contributed by atoms with E-state index >= 15 is 0 Å². The number of carbonyl (C=O) groups excluding carboxylic acids is 1. The first-order valence-corrected chi connectivity index (χ1v) is 37.3. The fourth-order valence-corrected chi connectivity index (χ4v) is 11.8. The Bertz CT molecular complexity index is 2230. The molecule has 0 saturated carbocycles. The molecule has 3 rings (SSSR count). The molecule has 12 N–H and O–H groups in total. The zero-order chi connectivity index (χ0) is 70.4. The molecule has 19 heteroatoms. The van der Waals surface area contributed by atoms with Crippen LogP contribution in [0.15, 0.2) is 122 Å². The molecular weight excluding hydrogens is 1240 g/mol. The summed E-state index contributed by atoms with van der Waals surface area (Å²) in [7, 11) is 0. The Morgan fingerprint density at radius 3 is 1.11 bits per heavy atom. The van der Waals surface area contributed by atoms with E-state index < -0.39 is 124 Å². The Kier molecular flexibility index (Phi) is 52.1. The van der Waals surface area contributed by atoms with E-state index in [4.69, 9.17) is 28.4 Å². The zero-order valence-corrected chi connectivity index (χ0v) is 59.0. The van der Waals surface area contributed by atoms with Crippen LogP contribution in [0.5, 0.6) is 0 Å². The molecular formula is C78H131NO18. The Morgan fingerprint density at radius 1 is 0.381 bits per heavy atom. The lowest BCUT2D eigenvalue weighted by Crippen LogP contribution is -2.66. The molecule has 97 heavy (non-hydrogen) atoms. The first kappa shape index (κ1) is 87.4. The Morgan fingerprint density at radius 2 is 0.711 bits per heavy atom. The molecule has 3 aliphatic rings. The number of rotatable bonds is 56. The van der Waals surface area contributed by atoms with Crippen LogP contribution in [0, 0.1) is 0 Å². The van der Waals surface area contributed by atoms with Gasteiger partial charge in [0, 0.05) is 6.42 Å². The highest BCUT2D eigenvalue weighted by Gasteiger charge is 2.53. The molecule has 0 aromatic rings. The topological polar surface area (TPSA) is 307 Å². The molecule has 17 unspecified atom stereocenters. The van der Waals surface area contributed by atoms with Crippen LogP contribution < -0.4 is 5.32 Å². The monoisotopic (exact) mass is 1370 g/mol. The number of ether oxygens (including phenoxy) is 6. The molecule has 1 amide bonds. The second-order valence-electron chi connectivity index (χ2n) is 26.0. The highest BCUT2D eigenvalue weighted by molar-refractivity contribution is 5.76. The van der Waals surface area contributed by atoms with Gasteiger partial charge < -0.3 is 89.9 Å². The van der Waals surface area contributed by atoms with Crippen molar-refractivity contribution in [2.45, 2.75) is 336 Å². The van der Waals surface area contributed by atoms with Crippen molar-refractivity contribution in [3.05, 3.63) is 122 Å². The van der Waals surface area contributed by atoms with Crippen LogP contribution >= 0.6 is 0 Å². The van der Waals surface area contributed by atoms with Gasteiger partial charge in [0.25, 0.3) is 0 Å². The second-order valence-corrected chi connectivity index (χ2v) is 26.0. The highest BCUT2D eigenvalue weighted by Crippen LogP contribution is 2.33. The minimum Gasteiger partial charge on any atom is -0.394 e. The molecule has 3 aliphatic heterocycles. The number of carbonyl (C=O) groups is 1. The van der Waals surface area contributed by atoms with Crippen LogP contribution in [0.25, 0.3) is 0 Å². The minimum absolute atomic E-state index is 0.249. The summed E-state index contributed by atoms with van der Waals surface area (Å²) in [5.41, 5.74) is 0. The Labute approximate surface area is 582 Å². The molecule has 19 nitrogen and oxygen atoms in total. The zero-order valence-electron chi connectivity index (χ0n) is 59.0. The maximum Gasteiger partial charge on any atom is 0.220 e. The van der Waals surface area contributed by atoms with Gasteiger partial charge in [-0.25, -0.2) is 0 Å². The van der Waals surface area contributed by atoms with E-state index in [0.29, 0.717) is 12.8 Å². The molecule has 0 bridgehead atoms. The van der Waals surface area contributed by atoms with Crippen molar-refractivity contribution >= 4 is 5.91 Å². The van der Waals surface area contributed by atoms with Crippen molar-refractivity contribution in [2.24, 2.45) is 0 Å². The first-order chi connectivity index (χ1) is 47.3. The Balaban J connectivity index is 1.34. The van der Waals surface area contributed by atoms with Crippen molar-refractivity contribution < 1.29 is 89.4 Å². The van der Waals surface area contributed by atoms with Crippen LogP contribution in [0.3, 0.4) is 0 Å². The smallest absolute Gasteiger partial charge is 0.220 e. The van der Waals surface area contributed by atoms with Crippen LogP contribution in [0.4, 0.5) is 0 Å². The molecule has 0 radical (unpaired) electrons. The molecule has 556 valence electrons. The van der Waals surface area contributed by atoms with Crippen LogP contribution in [-0.4, -0.2) is 193 Å². The largest absolute Gasteiger partial charge is 0.394 e. The van der Waals surface area contributed by atoms with Crippen molar-refractivity contribution in [2.75, 3.05) is 26.4 Å². The number of unbranched alkanes of at least 4 members (excludes halogenated alkanes) is 20. The molecule has 17 atom stereocenters. The van der Waals surface area contributed by atoms with E-state index in [1.165, 1.54) is 70.6 Å². The molecule has 3 heterocycles. The third-order valence-electron chi connectivity index (χ3n) is 17.8. The van der Waals surface area contributed by atoms with Gasteiger partial charge in [-0.05, 0) is 89.9 Å². The lowest BCUT2D eigenvalue weighted by atomic mass is 9.96. The molecule has 3 saturated heterocycles. The number of nitrogens with one attached hydrogen (secondary N) is 1. The molecule has 0 spiro atoms. The van der Waals surface area contributed by atoms with E-state index in [0.717, 1.165) is 128 Å². The van der Waals surface area contributed by atoms with Gasteiger partial charge in [0.05, 0.1) is 38.6 Å². The lowest BCUT2D eigenvalue weighted by Gasteiger charge is -2.48. The quantitative estimate of drug-likeness (QED) is 0.0199. The Hall–Kier alpha value is -3.81.